The third-order valence-electron chi connectivity index (χ3n) is 1.97. The summed E-state index contributed by atoms with van der Waals surface area (Å²) in [6, 6.07) is 10.1. The lowest BCUT2D eigenvalue weighted by Gasteiger charge is -2.16. The van der Waals surface area contributed by atoms with E-state index in [-0.39, 0.29) is 0 Å². The summed E-state index contributed by atoms with van der Waals surface area (Å²) in [4.78, 5) is 2.05. The highest BCUT2D eigenvalue weighted by Gasteiger charge is 2.04. The first-order valence-corrected chi connectivity index (χ1v) is 4.37. The summed E-state index contributed by atoms with van der Waals surface area (Å²) in [7, 11) is 1.99. The summed E-state index contributed by atoms with van der Waals surface area (Å²) in [5, 5.41) is 7.45. The molecule has 0 N–H and O–H groups in total. The molecule has 1 heterocycles. The summed E-state index contributed by atoms with van der Waals surface area (Å²) in [6.45, 7) is 0.629. The Labute approximate surface area is 82.2 Å². The van der Waals surface area contributed by atoms with Gasteiger partial charge in [0.05, 0.1) is 6.54 Å². The van der Waals surface area contributed by atoms with Crippen molar-refractivity contribution in [3.63, 3.8) is 0 Å². The molecule has 4 heteroatoms. The van der Waals surface area contributed by atoms with Crippen LogP contribution in [0.2, 0.25) is 0 Å². The van der Waals surface area contributed by atoms with E-state index in [2.05, 4.69) is 10.2 Å². The van der Waals surface area contributed by atoms with Gasteiger partial charge in [0.25, 0.3) is 0 Å². The molecule has 0 saturated carbocycles. The van der Waals surface area contributed by atoms with E-state index < -0.39 is 0 Å². The van der Waals surface area contributed by atoms with Gasteiger partial charge in [-0.15, -0.1) is 10.2 Å². The fourth-order valence-electron chi connectivity index (χ4n) is 1.24. The molecule has 4 nitrogen and oxygen atoms in total. The number of hydrogen-bond donors (Lipinski definition) is 0. The van der Waals surface area contributed by atoms with E-state index in [1.54, 1.807) is 0 Å². The van der Waals surface area contributed by atoms with Gasteiger partial charge in [0, 0.05) is 12.7 Å². The molecule has 0 atom stereocenters. The lowest BCUT2D eigenvalue weighted by Crippen LogP contribution is -2.16. The zero-order valence-electron chi connectivity index (χ0n) is 7.92. The molecule has 72 valence electrons. The summed E-state index contributed by atoms with van der Waals surface area (Å²) in [5.41, 5.74) is 1.13. The van der Waals surface area contributed by atoms with Gasteiger partial charge in [-0.1, -0.05) is 18.2 Å². The van der Waals surface area contributed by atoms with Gasteiger partial charge >= 0.3 is 0 Å². The zero-order chi connectivity index (χ0) is 9.80. The standard InChI is InChI=1S/C10H11N3O/c1-13(7-10-12-11-8-14-10)9-5-3-2-4-6-9/h2-6,8H,7H2,1H3. The molecule has 0 amide bonds. The minimum atomic E-state index is 0.622. The van der Waals surface area contributed by atoms with Crippen LogP contribution in [0.1, 0.15) is 5.89 Å². The van der Waals surface area contributed by atoms with E-state index in [1.807, 2.05) is 42.3 Å². The highest BCUT2D eigenvalue weighted by Crippen LogP contribution is 2.12. The first-order chi connectivity index (χ1) is 6.86. The molecule has 0 aliphatic heterocycles. The Balaban J connectivity index is 2.07. The Kier molecular flexibility index (Phi) is 2.44. The van der Waals surface area contributed by atoms with Gasteiger partial charge < -0.3 is 9.32 Å². The van der Waals surface area contributed by atoms with Crippen molar-refractivity contribution in [3.05, 3.63) is 42.6 Å². The van der Waals surface area contributed by atoms with E-state index >= 15 is 0 Å². The predicted octanol–water partition coefficient (Wildman–Crippen LogP) is 1.71. The van der Waals surface area contributed by atoms with Crippen LogP contribution in [0.4, 0.5) is 5.69 Å². The van der Waals surface area contributed by atoms with Gasteiger partial charge in [0.2, 0.25) is 12.3 Å². The number of rotatable bonds is 3. The van der Waals surface area contributed by atoms with Crippen molar-refractivity contribution in [2.75, 3.05) is 11.9 Å². The van der Waals surface area contributed by atoms with E-state index in [0.29, 0.717) is 12.4 Å². The maximum atomic E-state index is 5.06. The molecule has 2 rings (SSSR count). The molecule has 0 spiro atoms. The third-order valence-corrected chi connectivity index (χ3v) is 1.97. The van der Waals surface area contributed by atoms with Crippen molar-refractivity contribution in [3.8, 4) is 0 Å². The van der Waals surface area contributed by atoms with E-state index in [4.69, 9.17) is 4.42 Å². The molecule has 1 aromatic carbocycles. The van der Waals surface area contributed by atoms with Crippen LogP contribution in [0.3, 0.4) is 0 Å². The van der Waals surface area contributed by atoms with Crippen LogP contribution in [-0.2, 0) is 6.54 Å². The highest BCUT2D eigenvalue weighted by molar-refractivity contribution is 5.44. The lowest BCUT2D eigenvalue weighted by molar-refractivity contribution is 0.491. The van der Waals surface area contributed by atoms with Crippen molar-refractivity contribution in [1.82, 2.24) is 10.2 Å². The number of nitrogens with zero attached hydrogens (tertiary/aromatic N) is 3. The van der Waals surface area contributed by atoms with Crippen molar-refractivity contribution >= 4 is 5.69 Å². The van der Waals surface area contributed by atoms with Crippen molar-refractivity contribution in [2.24, 2.45) is 0 Å². The smallest absolute Gasteiger partial charge is 0.235 e. The molecular weight excluding hydrogens is 178 g/mol. The molecule has 0 fully saturated rings. The van der Waals surface area contributed by atoms with Crippen LogP contribution in [0.5, 0.6) is 0 Å². The van der Waals surface area contributed by atoms with Crippen LogP contribution in [0, 0.1) is 0 Å². The Morgan fingerprint density at radius 2 is 2.07 bits per heavy atom. The number of para-hydroxylation sites is 1. The van der Waals surface area contributed by atoms with Gasteiger partial charge in [-0.05, 0) is 12.1 Å². The van der Waals surface area contributed by atoms with Gasteiger partial charge in [0.1, 0.15) is 0 Å². The maximum absolute atomic E-state index is 5.06. The number of anilines is 1. The summed E-state index contributed by atoms with van der Waals surface area (Å²) >= 11 is 0. The molecule has 2 aromatic rings. The van der Waals surface area contributed by atoms with E-state index in [0.717, 1.165) is 5.69 Å². The van der Waals surface area contributed by atoms with Crippen molar-refractivity contribution < 1.29 is 4.42 Å². The Morgan fingerprint density at radius 1 is 1.29 bits per heavy atom. The number of hydrogen-bond acceptors (Lipinski definition) is 4. The average Bonchev–Trinajstić information content (AvgIpc) is 2.72. The molecule has 1 aromatic heterocycles. The molecule has 0 aliphatic carbocycles. The van der Waals surface area contributed by atoms with Crippen LogP contribution < -0.4 is 4.90 Å². The Bertz CT molecular complexity index is 372. The molecule has 0 unspecified atom stereocenters. The third kappa shape index (κ3) is 1.90. The highest BCUT2D eigenvalue weighted by atomic mass is 16.4. The SMILES string of the molecule is CN(Cc1nnco1)c1ccccc1. The van der Waals surface area contributed by atoms with Crippen LogP contribution in [-0.4, -0.2) is 17.2 Å². The largest absolute Gasteiger partial charge is 0.426 e. The van der Waals surface area contributed by atoms with Gasteiger partial charge in [-0.3, -0.25) is 0 Å². The van der Waals surface area contributed by atoms with E-state index in [9.17, 15) is 0 Å². The summed E-state index contributed by atoms with van der Waals surface area (Å²) in [5.74, 6) is 0.622. The van der Waals surface area contributed by atoms with Crippen LogP contribution >= 0.6 is 0 Å². The lowest BCUT2D eigenvalue weighted by atomic mass is 10.3. The van der Waals surface area contributed by atoms with E-state index in [1.165, 1.54) is 6.39 Å². The minimum Gasteiger partial charge on any atom is -0.426 e. The Hall–Kier alpha value is -1.84. The average molecular weight is 189 g/mol. The number of benzene rings is 1. The van der Waals surface area contributed by atoms with Gasteiger partial charge in [-0.2, -0.15) is 0 Å². The molecular formula is C10H11N3O. The first kappa shape index (κ1) is 8.74. The second-order valence-corrected chi connectivity index (χ2v) is 3.02. The first-order valence-electron chi connectivity index (χ1n) is 4.37. The van der Waals surface area contributed by atoms with Crippen molar-refractivity contribution in [1.29, 1.82) is 0 Å². The van der Waals surface area contributed by atoms with Gasteiger partial charge in [-0.25, -0.2) is 0 Å². The summed E-state index contributed by atoms with van der Waals surface area (Å²) < 4.78 is 5.06. The molecule has 14 heavy (non-hydrogen) atoms. The molecule has 0 bridgehead atoms. The quantitative estimate of drug-likeness (QED) is 0.737. The second kappa shape index (κ2) is 3.91. The maximum Gasteiger partial charge on any atom is 0.235 e. The predicted molar refractivity (Wildman–Crippen MR) is 52.8 cm³/mol. The molecule has 0 saturated heterocycles. The minimum absolute atomic E-state index is 0.622. The number of aromatic nitrogens is 2. The topological polar surface area (TPSA) is 42.2 Å². The van der Waals surface area contributed by atoms with Crippen LogP contribution in [0.25, 0.3) is 0 Å². The Morgan fingerprint density at radius 3 is 2.71 bits per heavy atom. The van der Waals surface area contributed by atoms with Crippen LogP contribution in [0.15, 0.2) is 41.1 Å². The zero-order valence-corrected chi connectivity index (χ0v) is 7.92. The second-order valence-electron chi connectivity index (χ2n) is 3.02. The fraction of sp³-hybridized carbons (Fsp3) is 0.200. The normalized spacial score (nSPS) is 10.1. The molecule has 0 aliphatic rings. The monoisotopic (exact) mass is 189 g/mol. The summed E-state index contributed by atoms with van der Waals surface area (Å²) in [6.07, 6.45) is 1.34. The fourth-order valence-corrected chi connectivity index (χ4v) is 1.24. The molecule has 0 radical (unpaired) electrons. The van der Waals surface area contributed by atoms with Crippen molar-refractivity contribution in [2.45, 2.75) is 6.54 Å². The van der Waals surface area contributed by atoms with Gasteiger partial charge in [0.15, 0.2) is 0 Å².